The number of carbonyl (C=O) groups is 1. The van der Waals surface area contributed by atoms with Gasteiger partial charge in [-0.15, -0.1) is 0 Å². The standard InChI is InChI=1S/C14H21N5O/c15-13(20)12-14(18-8-7-17-12)19-9-2-1-5-11(19)10-4-3-6-16-10/h7-8,10-11,16H,1-6,9H2,(H2,15,20). The summed E-state index contributed by atoms with van der Waals surface area (Å²) >= 11 is 0. The van der Waals surface area contributed by atoms with Crippen LogP contribution in [0.5, 0.6) is 0 Å². The molecule has 3 rings (SSSR count). The highest BCUT2D eigenvalue weighted by Gasteiger charge is 2.34. The van der Waals surface area contributed by atoms with Crippen molar-refractivity contribution in [3.8, 4) is 0 Å². The van der Waals surface area contributed by atoms with Crippen molar-refractivity contribution in [2.45, 2.75) is 44.2 Å². The van der Waals surface area contributed by atoms with E-state index in [2.05, 4.69) is 20.2 Å². The molecule has 20 heavy (non-hydrogen) atoms. The lowest BCUT2D eigenvalue weighted by molar-refractivity contribution is 0.0995. The van der Waals surface area contributed by atoms with Crippen LogP contribution in [0, 0.1) is 0 Å². The molecule has 2 unspecified atom stereocenters. The highest BCUT2D eigenvalue weighted by molar-refractivity contribution is 5.95. The Morgan fingerprint density at radius 3 is 2.85 bits per heavy atom. The maximum atomic E-state index is 11.6. The van der Waals surface area contributed by atoms with Crippen LogP contribution in [-0.4, -0.2) is 41.0 Å². The summed E-state index contributed by atoms with van der Waals surface area (Å²) in [4.78, 5) is 22.3. The fourth-order valence-electron chi connectivity index (χ4n) is 3.39. The number of aromatic nitrogens is 2. The number of hydrogen-bond donors (Lipinski definition) is 2. The number of nitrogens with zero attached hydrogens (tertiary/aromatic N) is 3. The van der Waals surface area contributed by atoms with Crippen LogP contribution < -0.4 is 16.0 Å². The van der Waals surface area contributed by atoms with E-state index in [4.69, 9.17) is 5.73 Å². The molecule has 2 atom stereocenters. The Bertz CT molecular complexity index is 486. The molecule has 6 nitrogen and oxygen atoms in total. The summed E-state index contributed by atoms with van der Waals surface area (Å²) in [7, 11) is 0. The van der Waals surface area contributed by atoms with Crippen molar-refractivity contribution in [3.05, 3.63) is 18.1 Å². The molecule has 1 amide bonds. The topological polar surface area (TPSA) is 84.1 Å². The number of nitrogens with one attached hydrogen (secondary N) is 1. The van der Waals surface area contributed by atoms with Crippen LogP contribution in [0.2, 0.25) is 0 Å². The zero-order valence-corrected chi connectivity index (χ0v) is 11.6. The number of primary amides is 1. The first kappa shape index (κ1) is 13.3. The monoisotopic (exact) mass is 275 g/mol. The van der Waals surface area contributed by atoms with Crippen molar-refractivity contribution in [1.82, 2.24) is 15.3 Å². The maximum Gasteiger partial charge on any atom is 0.271 e. The molecule has 2 aliphatic heterocycles. The van der Waals surface area contributed by atoms with Crippen molar-refractivity contribution in [2.24, 2.45) is 5.73 Å². The van der Waals surface area contributed by atoms with Gasteiger partial charge in [-0.3, -0.25) is 4.79 Å². The van der Waals surface area contributed by atoms with E-state index >= 15 is 0 Å². The van der Waals surface area contributed by atoms with E-state index in [1.165, 1.54) is 25.5 Å². The zero-order valence-electron chi connectivity index (χ0n) is 11.6. The normalized spacial score (nSPS) is 26.7. The molecule has 6 heteroatoms. The fraction of sp³-hybridized carbons (Fsp3) is 0.643. The molecule has 0 aromatic carbocycles. The molecule has 0 radical (unpaired) electrons. The van der Waals surface area contributed by atoms with Crippen molar-refractivity contribution >= 4 is 11.7 Å². The van der Waals surface area contributed by atoms with Gasteiger partial charge < -0.3 is 16.0 Å². The maximum absolute atomic E-state index is 11.6. The number of amides is 1. The van der Waals surface area contributed by atoms with Crippen molar-refractivity contribution in [3.63, 3.8) is 0 Å². The van der Waals surface area contributed by atoms with Gasteiger partial charge in [-0.25, -0.2) is 9.97 Å². The predicted octanol–water partition coefficient (Wildman–Crippen LogP) is 0.686. The minimum Gasteiger partial charge on any atom is -0.364 e. The molecule has 1 aromatic rings. The van der Waals surface area contributed by atoms with Gasteiger partial charge in [0.05, 0.1) is 0 Å². The summed E-state index contributed by atoms with van der Waals surface area (Å²) in [6.07, 6.45) is 9.05. The average Bonchev–Trinajstić information content (AvgIpc) is 3.01. The second kappa shape index (κ2) is 5.75. The SMILES string of the molecule is NC(=O)c1nccnc1N1CCCCC1C1CCCN1. The van der Waals surface area contributed by atoms with Crippen LogP contribution in [0.15, 0.2) is 12.4 Å². The molecule has 0 aliphatic carbocycles. The van der Waals surface area contributed by atoms with Gasteiger partial charge in [-0.2, -0.15) is 0 Å². The first-order valence-electron chi connectivity index (χ1n) is 7.38. The largest absolute Gasteiger partial charge is 0.364 e. The van der Waals surface area contributed by atoms with E-state index in [-0.39, 0.29) is 5.69 Å². The van der Waals surface area contributed by atoms with Crippen LogP contribution in [0.25, 0.3) is 0 Å². The van der Waals surface area contributed by atoms with Gasteiger partial charge in [-0.1, -0.05) is 0 Å². The van der Waals surface area contributed by atoms with Crippen LogP contribution >= 0.6 is 0 Å². The van der Waals surface area contributed by atoms with E-state index in [1.807, 2.05) is 0 Å². The zero-order chi connectivity index (χ0) is 13.9. The summed E-state index contributed by atoms with van der Waals surface area (Å²) in [5.41, 5.74) is 5.73. The second-order valence-electron chi connectivity index (χ2n) is 5.55. The molecule has 2 aliphatic rings. The fourth-order valence-corrected chi connectivity index (χ4v) is 3.39. The summed E-state index contributed by atoms with van der Waals surface area (Å²) in [6.45, 7) is 2.00. The molecule has 2 saturated heterocycles. The van der Waals surface area contributed by atoms with Crippen molar-refractivity contribution in [1.29, 1.82) is 0 Å². The van der Waals surface area contributed by atoms with E-state index in [0.717, 1.165) is 25.9 Å². The van der Waals surface area contributed by atoms with Gasteiger partial charge in [-0.05, 0) is 38.6 Å². The minimum atomic E-state index is -0.503. The number of hydrogen-bond acceptors (Lipinski definition) is 5. The van der Waals surface area contributed by atoms with E-state index in [9.17, 15) is 4.79 Å². The first-order chi connectivity index (χ1) is 9.77. The molecule has 0 saturated carbocycles. The molecule has 1 aromatic heterocycles. The third-order valence-corrected chi connectivity index (χ3v) is 4.30. The van der Waals surface area contributed by atoms with Crippen LogP contribution in [0.1, 0.15) is 42.6 Å². The quantitative estimate of drug-likeness (QED) is 0.847. The first-order valence-corrected chi connectivity index (χ1v) is 7.38. The van der Waals surface area contributed by atoms with Crippen LogP contribution in [0.3, 0.4) is 0 Å². The Labute approximate surface area is 118 Å². The van der Waals surface area contributed by atoms with Gasteiger partial charge in [0.15, 0.2) is 11.5 Å². The lowest BCUT2D eigenvalue weighted by Crippen LogP contribution is -2.51. The van der Waals surface area contributed by atoms with Crippen molar-refractivity contribution in [2.75, 3.05) is 18.0 Å². The Balaban J connectivity index is 1.91. The summed E-state index contributed by atoms with van der Waals surface area (Å²) in [5.74, 6) is 0.148. The number of rotatable bonds is 3. The van der Waals surface area contributed by atoms with E-state index in [0.29, 0.717) is 17.9 Å². The van der Waals surface area contributed by atoms with Crippen molar-refractivity contribution < 1.29 is 4.79 Å². The van der Waals surface area contributed by atoms with E-state index < -0.39 is 5.91 Å². The molecular weight excluding hydrogens is 254 g/mol. The smallest absolute Gasteiger partial charge is 0.271 e. The summed E-state index contributed by atoms with van der Waals surface area (Å²) in [5, 5.41) is 3.57. The average molecular weight is 275 g/mol. The number of nitrogens with two attached hydrogens (primary N) is 1. The lowest BCUT2D eigenvalue weighted by Gasteiger charge is -2.40. The number of carbonyl (C=O) groups excluding carboxylic acids is 1. The third kappa shape index (κ3) is 2.47. The van der Waals surface area contributed by atoms with Crippen LogP contribution in [0.4, 0.5) is 5.82 Å². The van der Waals surface area contributed by atoms with Gasteiger partial charge >= 0.3 is 0 Å². The predicted molar refractivity (Wildman–Crippen MR) is 76.6 cm³/mol. The second-order valence-corrected chi connectivity index (χ2v) is 5.55. The number of anilines is 1. The molecule has 108 valence electrons. The highest BCUT2D eigenvalue weighted by atomic mass is 16.1. The van der Waals surface area contributed by atoms with Crippen LogP contribution in [-0.2, 0) is 0 Å². The van der Waals surface area contributed by atoms with Gasteiger partial charge in [0.2, 0.25) is 0 Å². The Morgan fingerprint density at radius 2 is 2.10 bits per heavy atom. The highest BCUT2D eigenvalue weighted by Crippen LogP contribution is 2.29. The van der Waals surface area contributed by atoms with Gasteiger partial charge in [0, 0.05) is 31.0 Å². The van der Waals surface area contributed by atoms with Gasteiger partial charge in [0.25, 0.3) is 5.91 Å². The minimum absolute atomic E-state index is 0.289. The molecule has 0 spiro atoms. The molecule has 3 heterocycles. The number of piperidine rings is 1. The summed E-state index contributed by atoms with van der Waals surface area (Å²) < 4.78 is 0. The molecule has 0 bridgehead atoms. The Morgan fingerprint density at radius 1 is 1.25 bits per heavy atom. The Hall–Kier alpha value is -1.69. The third-order valence-electron chi connectivity index (χ3n) is 4.30. The summed E-state index contributed by atoms with van der Waals surface area (Å²) in [6, 6.07) is 0.874. The molecule has 2 fully saturated rings. The molecule has 3 N–H and O–H groups in total. The lowest BCUT2D eigenvalue weighted by atomic mass is 9.94. The van der Waals surface area contributed by atoms with E-state index in [1.54, 1.807) is 6.20 Å². The Kier molecular flexibility index (Phi) is 3.82. The molecular formula is C14H21N5O. The van der Waals surface area contributed by atoms with Gasteiger partial charge in [0.1, 0.15) is 0 Å².